The van der Waals surface area contributed by atoms with Gasteiger partial charge in [0.25, 0.3) is 0 Å². The number of fused-ring (bicyclic) bond motifs is 1. The van der Waals surface area contributed by atoms with E-state index in [0.717, 1.165) is 65.2 Å². The zero-order valence-electron chi connectivity index (χ0n) is 14.4. The van der Waals surface area contributed by atoms with Crippen molar-refractivity contribution >= 4 is 27.1 Å². The average Bonchev–Trinajstić information content (AvgIpc) is 3.05. The average molecular weight is 417 g/mol. The summed E-state index contributed by atoms with van der Waals surface area (Å²) in [6.45, 7) is 3.24. The Hall–Kier alpha value is -1.96. The van der Waals surface area contributed by atoms with Crippen LogP contribution >= 0.6 is 15.9 Å². The molecule has 6 nitrogen and oxygen atoms in total. The Morgan fingerprint density at radius 1 is 1.31 bits per heavy atom. The van der Waals surface area contributed by atoms with Crippen LogP contribution in [0.5, 0.6) is 5.75 Å². The first kappa shape index (κ1) is 17.5. The molecule has 1 unspecified atom stereocenters. The number of aliphatic hydroxyl groups excluding tert-OH is 1. The molecular weight excluding hydrogens is 396 g/mol. The number of pyridine rings is 1. The molecule has 136 valence electrons. The second-order valence-electron chi connectivity index (χ2n) is 6.58. The molecule has 3 aromatic rings. The van der Waals surface area contributed by atoms with E-state index in [1.54, 1.807) is 6.20 Å². The first-order valence-corrected chi connectivity index (χ1v) is 9.61. The minimum absolute atomic E-state index is 0.193. The van der Waals surface area contributed by atoms with E-state index in [0.29, 0.717) is 6.61 Å². The van der Waals surface area contributed by atoms with Crippen LogP contribution < -0.4 is 4.74 Å². The van der Waals surface area contributed by atoms with E-state index in [4.69, 9.17) is 4.74 Å². The normalized spacial score (nSPS) is 18.3. The summed E-state index contributed by atoms with van der Waals surface area (Å²) >= 11 is 3.41. The maximum Gasteiger partial charge on any atom is 0.157 e. The third-order valence-corrected chi connectivity index (χ3v) is 5.02. The first-order valence-electron chi connectivity index (χ1n) is 8.82. The van der Waals surface area contributed by atoms with E-state index < -0.39 is 0 Å². The molecule has 1 aromatic carbocycles. The zero-order chi connectivity index (χ0) is 17.9. The highest BCUT2D eigenvalue weighted by atomic mass is 79.9. The number of piperidine rings is 1. The summed E-state index contributed by atoms with van der Waals surface area (Å²) in [6.07, 6.45) is 3.52. The van der Waals surface area contributed by atoms with Crippen molar-refractivity contribution in [3.05, 3.63) is 41.0 Å². The Bertz CT molecular complexity index is 881. The van der Waals surface area contributed by atoms with Gasteiger partial charge >= 0.3 is 0 Å². The van der Waals surface area contributed by atoms with Gasteiger partial charge in [0.1, 0.15) is 23.7 Å². The lowest BCUT2D eigenvalue weighted by Crippen LogP contribution is -2.40. The smallest absolute Gasteiger partial charge is 0.157 e. The molecule has 0 bridgehead atoms. The maximum atomic E-state index is 9.70. The van der Waals surface area contributed by atoms with Gasteiger partial charge in [-0.15, -0.1) is 0 Å². The van der Waals surface area contributed by atoms with Crippen LogP contribution in [-0.2, 0) is 0 Å². The van der Waals surface area contributed by atoms with Crippen LogP contribution in [0.2, 0.25) is 0 Å². The molecule has 0 aliphatic carbocycles. The molecule has 0 spiro atoms. The quantitative estimate of drug-likeness (QED) is 0.667. The van der Waals surface area contributed by atoms with Crippen LogP contribution in [0.1, 0.15) is 12.8 Å². The van der Waals surface area contributed by atoms with Crippen molar-refractivity contribution in [3.8, 4) is 17.1 Å². The van der Waals surface area contributed by atoms with Gasteiger partial charge < -0.3 is 14.8 Å². The molecule has 1 atom stereocenters. The number of halogens is 1. The van der Waals surface area contributed by atoms with Crippen molar-refractivity contribution in [1.82, 2.24) is 19.9 Å². The third-order valence-electron chi connectivity index (χ3n) is 4.59. The minimum atomic E-state index is -0.193. The molecule has 1 aliphatic rings. The highest BCUT2D eigenvalue weighted by molar-refractivity contribution is 9.10. The number of benzene rings is 1. The summed E-state index contributed by atoms with van der Waals surface area (Å²) < 4.78 is 6.75. The number of ether oxygens (including phenoxy) is 1. The van der Waals surface area contributed by atoms with Gasteiger partial charge in [0.2, 0.25) is 0 Å². The van der Waals surface area contributed by atoms with Crippen molar-refractivity contribution in [2.75, 3.05) is 26.2 Å². The SMILES string of the molecule is OC1CCCN(CCOc2ccc(-c3nc4cc(Br)cnc4[nH]3)cc2)C1. The molecule has 0 amide bonds. The van der Waals surface area contributed by atoms with Gasteiger partial charge in [0.15, 0.2) is 5.65 Å². The fourth-order valence-electron chi connectivity index (χ4n) is 3.24. The number of β-amino-alcohol motifs (C(OH)–C–C–N with tert-alkyl or cyclic N) is 1. The lowest BCUT2D eigenvalue weighted by Gasteiger charge is -2.29. The van der Waals surface area contributed by atoms with Crippen molar-refractivity contribution in [2.45, 2.75) is 18.9 Å². The fourth-order valence-corrected chi connectivity index (χ4v) is 3.56. The number of rotatable bonds is 5. The number of hydrogen-bond donors (Lipinski definition) is 2. The lowest BCUT2D eigenvalue weighted by atomic mass is 10.1. The Balaban J connectivity index is 1.36. The van der Waals surface area contributed by atoms with E-state index in [2.05, 4.69) is 35.8 Å². The number of hydrogen-bond acceptors (Lipinski definition) is 5. The minimum Gasteiger partial charge on any atom is -0.492 e. The standard InChI is InChI=1S/C19H21BrN4O2/c20-14-10-17-19(21-11-14)23-18(22-17)13-3-5-16(6-4-13)26-9-8-24-7-1-2-15(25)12-24/h3-6,10-11,15,25H,1-2,7-9,12H2,(H,21,22,23). The number of likely N-dealkylation sites (tertiary alicyclic amines) is 1. The molecule has 1 aliphatic heterocycles. The predicted octanol–water partition coefficient (Wildman–Crippen LogP) is 3.22. The molecule has 4 rings (SSSR count). The Morgan fingerprint density at radius 3 is 2.96 bits per heavy atom. The third kappa shape index (κ3) is 4.06. The molecule has 1 saturated heterocycles. The summed E-state index contributed by atoms with van der Waals surface area (Å²) in [4.78, 5) is 14.4. The number of aliphatic hydroxyl groups is 1. The number of aromatic nitrogens is 3. The fraction of sp³-hybridized carbons (Fsp3) is 0.368. The highest BCUT2D eigenvalue weighted by Crippen LogP contribution is 2.23. The summed E-state index contributed by atoms with van der Waals surface area (Å²) in [5.74, 6) is 1.63. The summed E-state index contributed by atoms with van der Waals surface area (Å²) in [5.41, 5.74) is 2.59. The molecule has 2 aromatic heterocycles. The molecule has 7 heteroatoms. The van der Waals surface area contributed by atoms with E-state index in [1.807, 2.05) is 30.3 Å². The Morgan fingerprint density at radius 2 is 2.15 bits per heavy atom. The number of nitrogens with zero attached hydrogens (tertiary/aromatic N) is 3. The molecular formula is C19H21BrN4O2. The maximum absolute atomic E-state index is 9.70. The van der Waals surface area contributed by atoms with Crippen LogP contribution in [0.4, 0.5) is 0 Å². The molecule has 26 heavy (non-hydrogen) atoms. The Kier molecular flexibility index (Phi) is 5.19. The molecule has 0 radical (unpaired) electrons. The van der Waals surface area contributed by atoms with E-state index >= 15 is 0 Å². The second-order valence-corrected chi connectivity index (χ2v) is 7.49. The van der Waals surface area contributed by atoms with Crippen molar-refractivity contribution in [2.24, 2.45) is 0 Å². The van der Waals surface area contributed by atoms with E-state index in [-0.39, 0.29) is 6.10 Å². The summed E-state index contributed by atoms with van der Waals surface area (Å²) in [6, 6.07) is 9.84. The molecule has 1 fully saturated rings. The van der Waals surface area contributed by atoms with Crippen LogP contribution in [0, 0.1) is 0 Å². The largest absolute Gasteiger partial charge is 0.492 e. The van der Waals surface area contributed by atoms with Crippen molar-refractivity contribution in [1.29, 1.82) is 0 Å². The van der Waals surface area contributed by atoms with Gasteiger partial charge in [-0.3, -0.25) is 4.90 Å². The highest BCUT2D eigenvalue weighted by Gasteiger charge is 2.17. The van der Waals surface area contributed by atoms with Crippen LogP contribution in [0.25, 0.3) is 22.6 Å². The summed E-state index contributed by atoms with van der Waals surface area (Å²) in [5, 5.41) is 9.70. The molecule has 0 saturated carbocycles. The van der Waals surface area contributed by atoms with Gasteiger partial charge in [-0.2, -0.15) is 0 Å². The van der Waals surface area contributed by atoms with Gasteiger partial charge in [0, 0.05) is 29.3 Å². The second kappa shape index (κ2) is 7.73. The van der Waals surface area contributed by atoms with Gasteiger partial charge in [0.05, 0.1) is 6.10 Å². The predicted molar refractivity (Wildman–Crippen MR) is 104 cm³/mol. The lowest BCUT2D eigenvalue weighted by molar-refractivity contribution is 0.0633. The van der Waals surface area contributed by atoms with Crippen molar-refractivity contribution < 1.29 is 9.84 Å². The molecule has 2 N–H and O–H groups in total. The van der Waals surface area contributed by atoms with Crippen LogP contribution in [0.3, 0.4) is 0 Å². The summed E-state index contributed by atoms with van der Waals surface area (Å²) in [7, 11) is 0. The number of H-pyrrole nitrogens is 1. The monoisotopic (exact) mass is 416 g/mol. The Labute approximate surface area is 160 Å². The number of imidazole rings is 1. The van der Waals surface area contributed by atoms with Gasteiger partial charge in [-0.1, -0.05) is 0 Å². The number of aromatic amines is 1. The van der Waals surface area contributed by atoms with Crippen molar-refractivity contribution in [3.63, 3.8) is 0 Å². The molecule has 3 heterocycles. The number of nitrogens with one attached hydrogen (secondary N) is 1. The first-order chi connectivity index (χ1) is 12.7. The van der Waals surface area contributed by atoms with Crippen LogP contribution in [-0.4, -0.2) is 57.3 Å². The topological polar surface area (TPSA) is 74.3 Å². The van der Waals surface area contributed by atoms with E-state index in [1.165, 1.54) is 0 Å². The zero-order valence-corrected chi connectivity index (χ0v) is 15.9. The van der Waals surface area contributed by atoms with Gasteiger partial charge in [-0.05, 0) is 65.6 Å². The van der Waals surface area contributed by atoms with Crippen LogP contribution in [0.15, 0.2) is 41.0 Å². The van der Waals surface area contributed by atoms with Gasteiger partial charge in [-0.25, -0.2) is 9.97 Å². The van der Waals surface area contributed by atoms with E-state index in [9.17, 15) is 5.11 Å².